The fourth-order valence-corrected chi connectivity index (χ4v) is 5.34. The maximum Gasteiger partial charge on any atom is 0.260 e. The number of aromatic nitrogens is 2. The number of sulfonamides is 1. The first-order valence-electron chi connectivity index (χ1n) is 10.9. The Balaban J connectivity index is 1.46. The highest BCUT2D eigenvalue weighted by molar-refractivity contribution is 7.89. The second-order valence-corrected chi connectivity index (χ2v) is 10.1. The van der Waals surface area contributed by atoms with Crippen LogP contribution < -0.4 is 16.4 Å². The highest BCUT2D eigenvalue weighted by Gasteiger charge is 2.26. The van der Waals surface area contributed by atoms with E-state index < -0.39 is 15.9 Å². The Bertz CT molecular complexity index is 1080. The Morgan fingerprint density at radius 2 is 1.79 bits per heavy atom. The van der Waals surface area contributed by atoms with Crippen LogP contribution >= 0.6 is 0 Å². The number of carbonyl (C=O) groups excluding carboxylic acids is 1. The maximum absolute atomic E-state index is 12.9. The number of rotatable bonds is 6. The first-order valence-corrected chi connectivity index (χ1v) is 12.3. The normalized spacial score (nSPS) is 22.0. The number of hydrogen-bond donors (Lipinski definition) is 4. The second-order valence-electron chi connectivity index (χ2n) is 8.14. The molecule has 1 aromatic heterocycles. The van der Waals surface area contributed by atoms with Crippen LogP contribution in [0.3, 0.4) is 0 Å². The maximum atomic E-state index is 12.9. The Kier molecular flexibility index (Phi) is 7.08. The minimum Gasteiger partial charge on any atom is -0.393 e. The molecule has 1 saturated carbocycles. The van der Waals surface area contributed by atoms with Crippen LogP contribution in [0.15, 0.2) is 35.4 Å². The van der Waals surface area contributed by atoms with Crippen molar-refractivity contribution in [2.24, 2.45) is 0 Å². The molecule has 4 rings (SSSR count). The number of carbonyl (C=O) groups is 1. The number of aliphatic hydroxyl groups is 1. The Labute approximate surface area is 192 Å². The summed E-state index contributed by atoms with van der Waals surface area (Å²) in [5.74, 6) is -0.0763. The summed E-state index contributed by atoms with van der Waals surface area (Å²) in [7, 11) is -3.61. The van der Waals surface area contributed by atoms with E-state index in [4.69, 9.17) is 10.5 Å². The number of aliphatic hydroxyl groups excluding tert-OH is 1. The van der Waals surface area contributed by atoms with Gasteiger partial charge in [0.1, 0.15) is 11.4 Å². The number of morpholine rings is 1. The monoisotopic (exact) mass is 476 g/mol. The zero-order chi connectivity index (χ0) is 23.4. The van der Waals surface area contributed by atoms with Crippen LogP contribution in [0.5, 0.6) is 0 Å². The summed E-state index contributed by atoms with van der Waals surface area (Å²) >= 11 is 0. The quantitative estimate of drug-likeness (QED) is 0.478. The lowest BCUT2D eigenvalue weighted by atomic mass is 9.93. The molecule has 12 heteroatoms. The van der Waals surface area contributed by atoms with Crippen molar-refractivity contribution in [3.63, 3.8) is 0 Å². The molecule has 5 N–H and O–H groups in total. The first-order chi connectivity index (χ1) is 15.8. The molecule has 1 aliphatic carbocycles. The summed E-state index contributed by atoms with van der Waals surface area (Å²) < 4.78 is 32.1. The molecule has 11 nitrogen and oxygen atoms in total. The summed E-state index contributed by atoms with van der Waals surface area (Å²) in [6, 6.07) is 6.08. The Morgan fingerprint density at radius 1 is 1.12 bits per heavy atom. The number of nitrogen functional groups attached to an aromatic ring is 1. The SMILES string of the molecule is Nc1ncc(C(=O)Nc2ccc(S(=O)(=O)N3CCOCC3)cc2)c(NC2CCC(O)CC2)n1. The molecule has 1 aromatic carbocycles. The van der Waals surface area contributed by atoms with Crippen LogP contribution in [0.4, 0.5) is 17.5 Å². The predicted octanol–water partition coefficient (Wildman–Crippen LogP) is 1.05. The number of nitrogens with one attached hydrogen (secondary N) is 2. The van der Waals surface area contributed by atoms with Gasteiger partial charge in [-0.1, -0.05) is 0 Å². The number of hydrogen-bond acceptors (Lipinski definition) is 9. The van der Waals surface area contributed by atoms with E-state index in [1.807, 2.05) is 0 Å². The largest absolute Gasteiger partial charge is 0.393 e. The summed E-state index contributed by atoms with van der Waals surface area (Å²) in [5, 5.41) is 15.7. The van der Waals surface area contributed by atoms with E-state index >= 15 is 0 Å². The lowest BCUT2D eigenvalue weighted by Crippen LogP contribution is -2.40. The molecule has 2 aliphatic rings. The summed E-state index contributed by atoms with van der Waals surface area (Å²) in [6.45, 7) is 1.37. The molecule has 178 valence electrons. The van der Waals surface area contributed by atoms with Crippen molar-refractivity contribution in [1.29, 1.82) is 0 Å². The smallest absolute Gasteiger partial charge is 0.260 e. The van der Waals surface area contributed by atoms with E-state index in [1.165, 1.54) is 22.6 Å². The highest BCUT2D eigenvalue weighted by atomic mass is 32.2. The van der Waals surface area contributed by atoms with E-state index in [1.54, 1.807) is 12.1 Å². The Morgan fingerprint density at radius 3 is 2.45 bits per heavy atom. The Hall–Kier alpha value is -2.80. The summed E-state index contributed by atoms with van der Waals surface area (Å²) in [5.41, 5.74) is 6.38. The van der Waals surface area contributed by atoms with E-state index in [-0.39, 0.29) is 28.6 Å². The minimum atomic E-state index is -3.61. The molecule has 1 amide bonds. The van der Waals surface area contributed by atoms with Gasteiger partial charge in [-0.2, -0.15) is 9.29 Å². The average molecular weight is 477 g/mol. The van der Waals surface area contributed by atoms with Gasteiger partial charge in [0.05, 0.1) is 24.2 Å². The van der Waals surface area contributed by atoms with Crippen LogP contribution in [0.1, 0.15) is 36.0 Å². The topological polar surface area (TPSA) is 160 Å². The molecular formula is C21H28N6O5S. The van der Waals surface area contributed by atoms with Crippen LogP contribution in [0.25, 0.3) is 0 Å². The molecule has 2 heterocycles. The van der Waals surface area contributed by atoms with Gasteiger partial charge in [0.2, 0.25) is 16.0 Å². The molecular weight excluding hydrogens is 448 g/mol. The third-order valence-corrected chi connectivity index (χ3v) is 7.72. The van der Waals surface area contributed by atoms with Crippen LogP contribution in [-0.4, -0.2) is 72.2 Å². The van der Waals surface area contributed by atoms with Gasteiger partial charge in [-0.05, 0) is 49.9 Å². The van der Waals surface area contributed by atoms with Gasteiger partial charge >= 0.3 is 0 Å². The molecule has 0 bridgehead atoms. The number of amides is 1. The van der Waals surface area contributed by atoms with Crippen molar-refractivity contribution in [2.45, 2.75) is 42.7 Å². The summed E-state index contributed by atoms with van der Waals surface area (Å²) in [6.07, 6.45) is 3.93. The molecule has 0 atom stereocenters. The molecule has 2 fully saturated rings. The zero-order valence-corrected chi connectivity index (χ0v) is 18.9. The number of nitrogens with two attached hydrogens (primary N) is 1. The van der Waals surface area contributed by atoms with E-state index in [2.05, 4.69) is 20.6 Å². The number of nitrogens with zero attached hydrogens (tertiary/aromatic N) is 3. The lowest BCUT2D eigenvalue weighted by molar-refractivity contribution is 0.0730. The zero-order valence-electron chi connectivity index (χ0n) is 18.1. The van der Waals surface area contributed by atoms with Gasteiger partial charge < -0.3 is 26.2 Å². The molecule has 33 heavy (non-hydrogen) atoms. The summed E-state index contributed by atoms with van der Waals surface area (Å²) in [4.78, 5) is 21.2. The van der Waals surface area contributed by atoms with Crippen LogP contribution in [0, 0.1) is 0 Å². The van der Waals surface area contributed by atoms with E-state index in [9.17, 15) is 18.3 Å². The van der Waals surface area contributed by atoms with Gasteiger partial charge in [-0.3, -0.25) is 4.79 Å². The van der Waals surface area contributed by atoms with Gasteiger partial charge in [-0.25, -0.2) is 13.4 Å². The van der Waals surface area contributed by atoms with Crippen molar-refractivity contribution in [2.75, 3.05) is 42.7 Å². The van der Waals surface area contributed by atoms with E-state index in [0.717, 1.165) is 12.8 Å². The average Bonchev–Trinajstić information content (AvgIpc) is 2.81. The predicted molar refractivity (Wildman–Crippen MR) is 122 cm³/mol. The highest BCUT2D eigenvalue weighted by Crippen LogP contribution is 2.24. The van der Waals surface area contributed by atoms with Gasteiger partial charge in [0.25, 0.3) is 5.91 Å². The van der Waals surface area contributed by atoms with Gasteiger partial charge in [0.15, 0.2) is 0 Å². The van der Waals surface area contributed by atoms with Crippen molar-refractivity contribution >= 4 is 33.4 Å². The number of benzene rings is 1. The number of ether oxygens (including phenoxy) is 1. The van der Waals surface area contributed by atoms with Crippen molar-refractivity contribution in [3.8, 4) is 0 Å². The fourth-order valence-electron chi connectivity index (χ4n) is 3.93. The number of anilines is 3. The molecule has 2 aromatic rings. The van der Waals surface area contributed by atoms with Crippen molar-refractivity contribution in [1.82, 2.24) is 14.3 Å². The van der Waals surface area contributed by atoms with Gasteiger partial charge in [-0.15, -0.1) is 0 Å². The molecule has 1 saturated heterocycles. The lowest BCUT2D eigenvalue weighted by Gasteiger charge is -2.27. The van der Waals surface area contributed by atoms with Gasteiger partial charge in [0, 0.05) is 31.0 Å². The molecule has 1 aliphatic heterocycles. The van der Waals surface area contributed by atoms with Crippen molar-refractivity contribution < 1.29 is 23.1 Å². The molecule has 0 radical (unpaired) electrons. The third-order valence-electron chi connectivity index (χ3n) is 5.81. The van der Waals surface area contributed by atoms with Crippen LogP contribution in [0.2, 0.25) is 0 Å². The second kappa shape index (κ2) is 10.00. The molecule has 0 unspecified atom stereocenters. The minimum absolute atomic E-state index is 0.0440. The van der Waals surface area contributed by atoms with Crippen molar-refractivity contribution in [3.05, 3.63) is 36.0 Å². The standard InChI is InChI=1S/C21H28N6O5S/c22-21-23-13-18(19(26-21)24-14-1-5-16(28)6-2-14)20(29)25-15-3-7-17(8-4-15)33(30,31)27-9-11-32-12-10-27/h3-4,7-8,13-14,16,28H,1-2,5-6,9-12H2,(H,25,29)(H3,22,23,24,26). The first kappa shape index (κ1) is 23.4. The van der Waals surface area contributed by atoms with Crippen LogP contribution in [-0.2, 0) is 14.8 Å². The van der Waals surface area contributed by atoms with E-state index in [0.29, 0.717) is 50.7 Å². The fraction of sp³-hybridized carbons (Fsp3) is 0.476. The third kappa shape index (κ3) is 5.58. The molecule has 0 spiro atoms.